The van der Waals surface area contributed by atoms with Crippen molar-refractivity contribution in [1.82, 2.24) is 4.57 Å². The zero-order valence-corrected chi connectivity index (χ0v) is 17.4. The van der Waals surface area contributed by atoms with E-state index in [2.05, 4.69) is 5.32 Å². The number of benzene rings is 2. The number of aryl methyl sites for hydroxylation is 1. The Kier molecular flexibility index (Phi) is 5.57. The van der Waals surface area contributed by atoms with Gasteiger partial charge in [-0.1, -0.05) is 36.5 Å². The van der Waals surface area contributed by atoms with Crippen LogP contribution in [-0.2, 0) is 21.9 Å². The molecule has 0 unspecified atom stereocenters. The van der Waals surface area contributed by atoms with E-state index in [1.54, 1.807) is 67.1 Å². The van der Waals surface area contributed by atoms with Crippen LogP contribution in [0.3, 0.4) is 0 Å². The summed E-state index contributed by atoms with van der Waals surface area (Å²) >= 11 is 1.09. The van der Waals surface area contributed by atoms with E-state index in [-0.39, 0.29) is 4.87 Å². The molecular formula is C19H21N3O4S2. The van der Waals surface area contributed by atoms with Crippen LogP contribution in [-0.4, -0.2) is 31.2 Å². The number of hydrogen-bond donors (Lipinski definition) is 1. The van der Waals surface area contributed by atoms with E-state index in [1.165, 1.54) is 0 Å². The Labute approximate surface area is 167 Å². The molecular weight excluding hydrogens is 398 g/mol. The summed E-state index contributed by atoms with van der Waals surface area (Å²) in [6.45, 7) is 1.76. The molecule has 0 aliphatic rings. The summed E-state index contributed by atoms with van der Waals surface area (Å²) in [5, 5.41) is 2.79. The number of aromatic nitrogens is 1. The van der Waals surface area contributed by atoms with Crippen molar-refractivity contribution >= 4 is 48.9 Å². The van der Waals surface area contributed by atoms with Gasteiger partial charge in [-0.2, -0.15) is 0 Å². The minimum absolute atomic E-state index is 0.0859. The molecule has 0 radical (unpaired) electrons. The van der Waals surface area contributed by atoms with Gasteiger partial charge in [-0.05, 0) is 36.8 Å². The number of carbonyl (C=O) groups is 1. The van der Waals surface area contributed by atoms with Gasteiger partial charge in [0.05, 0.1) is 22.2 Å². The lowest BCUT2D eigenvalue weighted by molar-refractivity contribution is -0.117. The second-order valence-electron chi connectivity index (χ2n) is 6.42. The third-order valence-corrected chi connectivity index (χ3v) is 6.58. The van der Waals surface area contributed by atoms with Gasteiger partial charge in [0.1, 0.15) is 6.04 Å². The summed E-state index contributed by atoms with van der Waals surface area (Å²) < 4.78 is 28.3. The lowest BCUT2D eigenvalue weighted by Crippen LogP contribution is -2.46. The van der Waals surface area contributed by atoms with Crippen molar-refractivity contribution in [3.8, 4) is 0 Å². The number of thiazole rings is 1. The molecule has 0 saturated carbocycles. The molecule has 1 heterocycles. The van der Waals surface area contributed by atoms with Gasteiger partial charge in [0.2, 0.25) is 15.9 Å². The van der Waals surface area contributed by atoms with Crippen LogP contribution in [0.5, 0.6) is 0 Å². The molecule has 28 heavy (non-hydrogen) atoms. The highest BCUT2D eigenvalue weighted by Gasteiger charge is 2.31. The maximum atomic E-state index is 12.9. The topological polar surface area (TPSA) is 88.5 Å². The van der Waals surface area contributed by atoms with Crippen LogP contribution >= 0.6 is 11.3 Å². The molecule has 0 aliphatic heterocycles. The number of carbonyl (C=O) groups excluding carboxylic acids is 1. The molecule has 0 aliphatic carbocycles. The predicted molar refractivity (Wildman–Crippen MR) is 114 cm³/mol. The maximum absolute atomic E-state index is 12.9. The number of fused-ring (bicyclic) bond motifs is 1. The Bertz CT molecular complexity index is 1170. The summed E-state index contributed by atoms with van der Waals surface area (Å²) in [4.78, 5) is 24.7. The van der Waals surface area contributed by atoms with E-state index >= 15 is 0 Å². The van der Waals surface area contributed by atoms with Gasteiger partial charge >= 0.3 is 4.87 Å². The van der Waals surface area contributed by atoms with Crippen LogP contribution in [0.25, 0.3) is 10.2 Å². The molecule has 1 amide bonds. The van der Waals surface area contributed by atoms with E-state index in [4.69, 9.17) is 0 Å². The lowest BCUT2D eigenvalue weighted by atomic mass is 10.1. The zero-order valence-electron chi connectivity index (χ0n) is 15.7. The van der Waals surface area contributed by atoms with Gasteiger partial charge in [0.15, 0.2) is 0 Å². The van der Waals surface area contributed by atoms with Gasteiger partial charge in [-0.15, -0.1) is 0 Å². The monoisotopic (exact) mass is 419 g/mol. The first-order valence-electron chi connectivity index (χ1n) is 8.67. The Morgan fingerprint density at radius 1 is 1.21 bits per heavy atom. The molecule has 7 nitrogen and oxygen atoms in total. The van der Waals surface area contributed by atoms with Crippen molar-refractivity contribution in [2.45, 2.75) is 19.4 Å². The number of rotatable bonds is 6. The summed E-state index contributed by atoms with van der Waals surface area (Å²) in [5.41, 5.74) is 1.73. The number of amides is 1. The third kappa shape index (κ3) is 3.95. The van der Waals surface area contributed by atoms with Crippen molar-refractivity contribution in [2.24, 2.45) is 7.05 Å². The third-order valence-electron chi connectivity index (χ3n) is 4.40. The van der Waals surface area contributed by atoms with Crippen LogP contribution in [0.4, 0.5) is 11.4 Å². The van der Waals surface area contributed by atoms with Crippen molar-refractivity contribution in [2.75, 3.05) is 15.9 Å². The van der Waals surface area contributed by atoms with Crippen molar-refractivity contribution in [3.05, 3.63) is 58.2 Å². The fourth-order valence-corrected chi connectivity index (χ4v) is 5.20. The molecule has 1 atom stereocenters. The second-order valence-corrected chi connectivity index (χ2v) is 9.27. The number of sulfonamides is 1. The van der Waals surface area contributed by atoms with Crippen molar-refractivity contribution < 1.29 is 13.2 Å². The first-order valence-corrected chi connectivity index (χ1v) is 11.3. The van der Waals surface area contributed by atoms with Crippen LogP contribution in [0.1, 0.15) is 13.3 Å². The fourth-order valence-electron chi connectivity index (χ4n) is 3.07. The molecule has 3 aromatic rings. The van der Waals surface area contributed by atoms with Crippen molar-refractivity contribution in [1.29, 1.82) is 0 Å². The average Bonchev–Trinajstić information content (AvgIpc) is 2.92. The molecule has 0 spiro atoms. The Balaban J connectivity index is 1.93. The average molecular weight is 420 g/mol. The molecule has 0 saturated heterocycles. The molecule has 0 fully saturated rings. The Hall–Kier alpha value is -2.65. The molecule has 2 aromatic carbocycles. The van der Waals surface area contributed by atoms with Crippen LogP contribution in [0.15, 0.2) is 53.3 Å². The summed E-state index contributed by atoms with van der Waals surface area (Å²) in [6, 6.07) is 12.8. The van der Waals surface area contributed by atoms with E-state index in [0.717, 1.165) is 32.1 Å². The van der Waals surface area contributed by atoms with E-state index in [0.29, 0.717) is 17.8 Å². The Morgan fingerprint density at radius 2 is 1.89 bits per heavy atom. The largest absolute Gasteiger partial charge is 0.324 e. The minimum Gasteiger partial charge on any atom is -0.324 e. The van der Waals surface area contributed by atoms with Crippen LogP contribution in [0, 0.1) is 0 Å². The van der Waals surface area contributed by atoms with Crippen LogP contribution in [0.2, 0.25) is 0 Å². The number of hydrogen-bond acceptors (Lipinski definition) is 5. The van der Waals surface area contributed by atoms with Gasteiger partial charge in [0, 0.05) is 12.7 Å². The summed E-state index contributed by atoms with van der Waals surface area (Å²) in [5.74, 6) is -0.431. The normalized spacial score (nSPS) is 12.7. The molecule has 1 N–H and O–H groups in total. The highest BCUT2D eigenvalue weighted by Crippen LogP contribution is 2.25. The Morgan fingerprint density at radius 3 is 2.50 bits per heavy atom. The van der Waals surface area contributed by atoms with Gasteiger partial charge in [0.25, 0.3) is 0 Å². The molecule has 1 aromatic heterocycles. The fraction of sp³-hybridized carbons (Fsp3) is 0.263. The van der Waals surface area contributed by atoms with Gasteiger partial charge in [-0.25, -0.2) is 8.42 Å². The second kappa shape index (κ2) is 7.76. The van der Waals surface area contributed by atoms with Crippen molar-refractivity contribution in [3.63, 3.8) is 0 Å². The predicted octanol–water partition coefficient (Wildman–Crippen LogP) is 2.78. The van der Waals surface area contributed by atoms with Gasteiger partial charge in [-0.3, -0.25) is 13.9 Å². The summed E-state index contributed by atoms with van der Waals surface area (Å²) in [6.07, 6.45) is 1.39. The molecule has 0 bridgehead atoms. The number of nitrogens with zero attached hydrogens (tertiary/aromatic N) is 2. The molecule has 148 valence electrons. The van der Waals surface area contributed by atoms with Gasteiger partial charge < -0.3 is 9.88 Å². The highest BCUT2D eigenvalue weighted by molar-refractivity contribution is 7.92. The SMILES string of the molecule is CC[C@H](C(=O)Nc1ccc2c(c1)sc(=O)n2C)N(c1ccccc1)S(C)(=O)=O. The van der Waals surface area contributed by atoms with Crippen LogP contribution < -0.4 is 14.5 Å². The van der Waals surface area contributed by atoms with E-state index in [9.17, 15) is 18.0 Å². The smallest absolute Gasteiger partial charge is 0.307 e. The molecule has 9 heteroatoms. The quantitative estimate of drug-likeness (QED) is 0.665. The maximum Gasteiger partial charge on any atom is 0.307 e. The number of para-hydroxylation sites is 1. The molecule has 3 rings (SSSR count). The first-order chi connectivity index (χ1) is 13.2. The zero-order chi connectivity index (χ0) is 20.5. The number of nitrogens with one attached hydrogen (secondary N) is 1. The lowest BCUT2D eigenvalue weighted by Gasteiger charge is -2.30. The highest BCUT2D eigenvalue weighted by atomic mass is 32.2. The minimum atomic E-state index is -3.67. The first kappa shape index (κ1) is 20.1. The standard InChI is InChI=1S/C19H21N3O4S2/c1-4-15(22(28(3,25)26)14-8-6-5-7-9-14)18(23)20-13-10-11-16-17(12-13)27-19(24)21(16)2/h5-12,15H,4H2,1-3H3,(H,20,23)/t15-/m1/s1. The van der Waals surface area contributed by atoms with E-state index < -0.39 is 22.0 Å². The number of anilines is 2. The summed E-state index contributed by atoms with van der Waals surface area (Å²) in [7, 11) is -1.98. The van der Waals surface area contributed by atoms with E-state index in [1.807, 2.05) is 0 Å².